The highest BCUT2D eigenvalue weighted by Gasteiger charge is 2.48. The van der Waals surface area contributed by atoms with Crippen molar-refractivity contribution < 1.29 is 28.6 Å². The summed E-state index contributed by atoms with van der Waals surface area (Å²) in [6.07, 6.45) is 3.11. The molecule has 5 rings (SSSR count). The van der Waals surface area contributed by atoms with Crippen LogP contribution >= 0.6 is 11.3 Å². The first-order valence-electron chi connectivity index (χ1n) is 12.7. The molecule has 1 aliphatic rings. The Morgan fingerprint density at radius 1 is 1.03 bits per heavy atom. The van der Waals surface area contributed by atoms with E-state index < -0.39 is 23.5 Å². The summed E-state index contributed by atoms with van der Waals surface area (Å²) < 4.78 is 25.5. The average molecular weight is 547 g/mol. The van der Waals surface area contributed by atoms with Crippen LogP contribution < -0.4 is 14.4 Å². The minimum atomic E-state index is -0.952. The van der Waals surface area contributed by atoms with Crippen molar-refractivity contribution in [3.63, 3.8) is 0 Å². The van der Waals surface area contributed by atoms with Crippen molar-refractivity contribution in [2.24, 2.45) is 0 Å². The Balaban J connectivity index is 1.60. The molecule has 9 heteroatoms. The third-order valence-electron chi connectivity index (χ3n) is 6.56. The average Bonchev–Trinajstić information content (AvgIpc) is 3.49. The maximum atomic E-state index is 13.6. The lowest BCUT2D eigenvalue weighted by Crippen LogP contribution is -2.29. The van der Waals surface area contributed by atoms with Gasteiger partial charge in [-0.05, 0) is 66.6 Å². The summed E-state index contributed by atoms with van der Waals surface area (Å²) in [6, 6.07) is 16.6. The van der Waals surface area contributed by atoms with Crippen molar-refractivity contribution in [2.75, 3.05) is 18.6 Å². The highest BCUT2D eigenvalue weighted by atomic mass is 32.1. The maximum Gasteiger partial charge on any atom is 0.301 e. The second-order valence-corrected chi connectivity index (χ2v) is 10.1. The molecule has 0 radical (unpaired) electrons. The van der Waals surface area contributed by atoms with E-state index in [1.54, 1.807) is 43.5 Å². The lowest BCUT2D eigenvalue weighted by Gasteiger charge is -2.23. The van der Waals surface area contributed by atoms with Gasteiger partial charge in [0.2, 0.25) is 0 Å². The third kappa shape index (κ3) is 5.22. The van der Waals surface area contributed by atoms with Gasteiger partial charge in [-0.2, -0.15) is 0 Å². The van der Waals surface area contributed by atoms with Gasteiger partial charge in [-0.25, -0.2) is 9.37 Å². The van der Waals surface area contributed by atoms with E-state index in [0.29, 0.717) is 34.3 Å². The number of thiazole rings is 1. The number of amides is 1. The summed E-state index contributed by atoms with van der Waals surface area (Å²) in [6.45, 7) is 2.71. The Hall–Kier alpha value is -4.24. The van der Waals surface area contributed by atoms with Crippen LogP contribution in [0.2, 0.25) is 0 Å². The summed E-state index contributed by atoms with van der Waals surface area (Å²) in [7, 11) is 1.56. The molecule has 1 saturated heterocycles. The Kier molecular flexibility index (Phi) is 7.60. The fourth-order valence-corrected chi connectivity index (χ4v) is 5.54. The van der Waals surface area contributed by atoms with Gasteiger partial charge in [-0.1, -0.05) is 43.2 Å². The number of fused-ring (bicyclic) bond motifs is 1. The molecule has 2 heterocycles. The molecule has 0 bridgehead atoms. The summed E-state index contributed by atoms with van der Waals surface area (Å²) in [5.41, 5.74) is 1.37. The van der Waals surface area contributed by atoms with Crippen molar-refractivity contribution in [2.45, 2.75) is 32.2 Å². The number of aliphatic hydroxyl groups is 1. The molecular formula is C30H27FN2O5S. The van der Waals surface area contributed by atoms with Crippen LogP contribution in [0.5, 0.6) is 11.5 Å². The number of hydrogen-bond donors (Lipinski definition) is 1. The van der Waals surface area contributed by atoms with E-state index in [0.717, 1.165) is 24.0 Å². The van der Waals surface area contributed by atoms with E-state index >= 15 is 0 Å². The fourth-order valence-electron chi connectivity index (χ4n) is 4.52. The summed E-state index contributed by atoms with van der Waals surface area (Å²) in [5.74, 6) is -1.22. The zero-order valence-electron chi connectivity index (χ0n) is 21.5. The van der Waals surface area contributed by atoms with Crippen molar-refractivity contribution in [1.29, 1.82) is 0 Å². The third-order valence-corrected chi connectivity index (χ3v) is 7.58. The van der Waals surface area contributed by atoms with Crippen LogP contribution in [0.3, 0.4) is 0 Å². The number of halogens is 1. The lowest BCUT2D eigenvalue weighted by atomic mass is 9.95. The van der Waals surface area contributed by atoms with E-state index in [2.05, 4.69) is 11.9 Å². The summed E-state index contributed by atoms with van der Waals surface area (Å²) in [5, 5.41) is 11.5. The Morgan fingerprint density at radius 3 is 2.44 bits per heavy atom. The number of carbonyl (C=O) groups is 2. The first kappa shape index (κ1) is 26.4. The highest BCUT2D eigenvalue weighted by molar-refractivity contribution is 7.22. The molecule has 1 amide bonds. The molecule has 1 aromatic heterocycles. The molecule has 0 saturated carbocycles. The first-order valence-corrected chi connectivity index (χ1v) is 13.5. The molecule has 200 valence electrons. The smallest absolute Gasteiger partial charge is 0.301 e. The van der Waals surface area contributed by atoms with Gasteiger partial charge in [-0.3, -0.25) is 14.5 Å². The minimum Gasteiger partial charge on any atom is -0.507 e. The highest BCUT2D eigenvalue weighted by Crippen LogP contribution is 2.44. The van der Waals surface area contributed by atoms with Crippen LogP contribution in [0.25, 0.3) is 16.0 Å². The number of hydrogen-bond acceptors (Lipinski definition) is 7. The van der Waals surface area contributed by atoms with E-state index in [1.807, 2.05) is 6.07 Å². The number of ketones is 1. The van der Waals surface area contributed by atoms with E-state index in [1.165, 1.54) is 40.5 Å². The molecule has 1 unspecified atom stereocenters. The second kappa shape index (κ2) is 11.2. The molecule has 39 heavy (non-hydrogen) atoms. The van der Waals surface area contributed by atoms with Crippen molar-refractivity contribution >= 4 is 44.1 Å². The summed E-state index contributed by atoms with van der Waals surface area (Å²) >= 11 is 1.24. The van der Waals surface area contributed by atoms with E-state index in [9.17, 15) is 19.1 Å². The molecule has 4 aromatic rings. The van der Waals surface area contributed by atoms with Gasteiger partial charge in [0.15, 0.2) is 5.13 Å². The topological polar surface area (TPSA) is 89.0 Å². The first-order chi connectivity index (χ1) is 18.9. The minimum absolute atomic E-state index is 0.0972. The molecule has 0 spiro atoms. The van der Waals surface area contributed by atoms with Gasteiger partial charge >= 0.3 is 5.91 Å². The van der Waals surface area contributed by atoms with E-state index in [-0.39, 0.29) is 16.9 Å². The number of aliphatic hydroxyl groups excluding tert-OH is 1. The van der Waals surface area contributed by atoms with Gasteiger partial charge in [0, 0.05) is 5.56 Å². The predicted molar refractivity (Wildman–Crippen MR) is 149 cm³/mol. The zero-order valence-corrected chi connectivity index (χ0v) is 22.3. The second-order valence-electron chi connectivity index (χ2n) is 9.13. The van der Waals surface area contributed by atoms with Crippen molar-refractivity contribution in [3.8, 4) is 11.5 Å². The Bertz CT molecular complexity index is 1550. The predicted octanol–water partition coefficient (Wildman–Crippen LogP) is 6.64. The molecule has 0 aliphatic carbocycles. The number of methoxy groups -OCH3 is 1. The van der Waals surface area contributed by atoms with Gasteiger partial charge in [-0.15, -0.1) is 0 Å². The standard InChI is InChI=1S/C30H27FN2O5S/c1-3-4-5-16-38-21-12-8-18(9-13-21)26-25(27(34)19-6-10-20(31)11-7-19)28(35)29(36)33(26)30-32-23-15-14-22(37-2)17-24(23)39-30/h6-15,17,26,34H,3-5,16H2,1-2H3. The van der Waals surface area contributed by atoms with Crippen LogP contribution in [0.4, 0.5) is 9.52 Å². The number of benzene rings is 3. The number of unbranched alkanes of at least 4 members (excludes halogenated alkanes) is 2. The van der Waals surface area contributed by atoms with Gasteiger partial charge in [0.05, 0.1) is 35.5 Å². The van der Waals surface area contributed by atoms with Gasteiger partial charge < -0.3 is 14.6 Å². The molecule has 3 aromatic carbocycles. The molecule has 1 atom stereocenters. The monoisotopic (exact) mass is 546 g/mol. The SMILES string of the molecule is CCCCCOc1ccc(C2C(=C(O)c3ccc(F)cc3)C(=O)C(=O)N2c2nc3ccc(OC)cc3s2)cc1. The number of Topliss-reactive ketones (excluding diaryl/α,β-unsaturated/α-hetero) is 1. The van der Waals surface area contributed by atoms with Crippen LogP contribution in [-0.4, -0.2) is 35.5 Å². The van der Waals surface area contributed by atoms with Gasteiger partial charge in [0.25, 0.3) is 5.78 Å². The lowest BCUT2D eigenvalue weighted by molar-refractivity contribution is -0.132. The van der Waals surface area contributed by atoms with Crippen molar-refractivity contribution in [3.05, 3.63) is 89.2 Å². The number of aromatic nitrogens is 1. The Morgan fingerprint density at radius 2 is 1.74 bits per heavy atom. The Labute approximate surface area is 229 Å². The largest absolute Gasteiger partial charge is 0.507 e. The summed E-state index contributed by atoms with van der Waals surface area (Å²) in [4.78, 5) is 32.8. The number of nitrogens with zero attached hydrogens (tertiary/aromatic N) is 2. The van der Waals surface area contributed by atoms with E-state index in [4.69, 9.17) is 9.47 Å². The number of rotatable bonds is 9. The normalized spacial score (nSPS) is 16.7. The number of anilines is 1. The molecular weight excluding hydrogens is 519 g/mol. The molecule has 7 nitrogen and oxygen atoms in total. The molecule has 1 N–H and O–H groups in total. The van der Waals surface area contributed by atoms with Crippen LogP contribution in [-0.2, 0) is 9.59 Å². The zero-order chi connectivity index (χ0) is 27.5. The molecule has 1 aliphatic heterocycles. The quantitative estimate of drug-likeness (QED) is 0.110. The maximum absolute atomic E-state index is 13.6. The molecule has 1 fully saturated rings. The van der Waals surface area contributed by atoms with Crippen molar-refractivity contribution in [1.82, 2.24) is 4.98 Å². The van der Waals surface area contributed by atoms with Crippen LogP contribution in [0, 0.1) is 5.82 Å². The number of ether oxygens (including phenoxy) is 2. The number of carbonyl (C=O) groups excluding carboxylic acids is 2. The van der Waals surface area contributed by atoms with Crippen LogP contribution in [0.1, 0.15) is 43.4 Å². The van der Waals surface area contributed by atoms with Crippen LogP contribution in [0.15, 0.2) is 72.3 Å². The fraction of sp³-hybridized carbons (Fsp3) is 0.233. The van der Waals surface area contributed by atoms with Gasteiger partial charge in [0.1, 0.15) is 23.1 Å².